The third kappa shape index (κ3) is 4.47. The molecular weight excluding hydrogens is 462 g/mol. The average Bonchev–Trinajstić information content (AvgIpc) is 3.17. The highest BCUT2D eigenvalue weighted by molar-refractivity contribution is 6.27. The summed E-state index contributed by atoms with van der Waals surface area (Å²) in [7, 11) is 0. The number of rotatable bonds is 5. The average molecular weight is 506 g/mol. The van der Waals surface area contributed by atoms with Gasteiger partial charge in [0.25, 0.3) is 5.91 Å². The molecule has 6 heteroatoms. The van der Waals surface area contributed by atoms with E-state index in [1.807, 2.05) is 32.0 Å². The van der Waals surface area contributed by atoms with Crippen LogP contribution in [0.4, 0.5) is 5.69 Å². The number of hydrogen-bond donors (Lipinski definition) is 1. The number of imide groups is 1. The quantitative estimate of drug-likeness (QED) is 0.504. The van der Waals surface area contributed by atoms with Gasteiger partial charge >= 0.3 is 0 Å². The minimum absolute atomic E-state index is 0. The summed E-state index contributed by atoms with van der Waals surface area (Å²) in [6, 6.07) is 10.3. The molecule has 1 unspecified atom stereocenters. The van der Waals surface area contributed by atoms with E-state index >= 15 is 0 Å². The second kappa shape index (κ2) is 10.2. The van der Waals surface area contributed by atoms with Gasteiger partial charge in [-0.1, -0.05) is 52.3 Å². The van der Waals surface area contributed by atoms with Crippen molar-refractivity contribution in [3.8, 4) is 0 Å². The van der Waals surface area contributed by atoms with Gasteiger partial charge in [-0.25, -0.2) is 0 Å². The van der Waals surface area contributed by atoms with E-state index in [0.29, 0.717) is 23.3 Å². The van der Waals surface area contributed by atoms with E-state index in [1.54, 1.807) is 4.90 Å². The zero-order valence-electron chi connectivity index (χ0n) is 22.8. The fourth-order valence-electron chi connectivity index (χ4n) is 7.34. The van der Waals surface area contributed by atoms with Crippen molar-refractivity contribution in [1.29, 1.82) is 0 Å². The molecule has 2 aromatic carbocycles. The first-order valence-corrected chi connectivity index (χ1v) is 14.4. The second-order valence-corrected chi connectivity index (χ2v) is 11.5. The van der Waals surface area contributed by atoms with Gasteiger partial charge < -0.3 is 4.90 Å². The highest BCUT2D eigenvalue weighted by atomic mass is 16.2. The van der Waals surface area contributed by atoms with Crippen LogP contribution in [0.2, 0.25) is 0 Å². The number of hydrogen-bond acceptors (Lipinski definition) is 4. The molecule has 0 aromatic heterocycles. The standard InChI is InChI=1S/C29H35N3O3.C2H6.H2/c1-3-13-29(2)16-19(17-29)31-14-11-18(12-15-31)20-7-8-23-26-21(20)5-4-6-22(26)28(35)32(23)24-9-10-25(33)30-27(24)34;1-2;/h4-8,18-19,24H,3,9-17H2,1-2H3,(H,30,33,34);1-2H3;1H. The number of benzene rings is 2. The number of amides is 3. The molecule has 6 rings (SSSR count). The van der Waals surface area contributed by atoms with Crippen LogP contribution in [0.3, 0.4) is 0 Å². The van der Waals surface area contributed by atoms with Gasteiger partial charge in [-0.05, 0) is 86.0 Å². The fourth-order valence-corrected chi connectivity index (χ4v) is 7.34. The molecule has 2 aromatic rings. The molecule has 6 nitrogen and oxygen atoms in total. The molecule has 1 saturated carbocycles. The molecule has 1 atom stereocenters. The molecule has 3 heterocycles. The lowest BCUT2D eigenvalue weighted by Gasteiger charge is -2.52. The van der Waals surface area contributed by atoms with Gasteiger partial charge in [0.05, 0.1) is 5.69 Å². The fraction of sp³-hybridized carbons (Fsp3) is 0.581. The van der Waals surface area contributed by atoms with Crippen LogP contribution in [0.15, 0.2) is 30.3 Å². The minimum Gasteiger partial charge on any atom is -0.300 e. The van der Waals surface area contributed by atoms with Crippen molar-refractivity contribution in [2.45, 2.75) is 97.1 Å². The van der Waals surface area contributed by atoms with Crippen molar-refractivity contribution in [3.63, 3.8) is 0 Å². The Hall–Kier alpha value is -2.73. The highest BCUT2D eigenvalue weighted by Crippen LogP contribution is 2.49. The highest BCUT2D eigenvalue weighted by Gasteiger charge is 2.44. The van der Waals surface area contributed by atoms with Crippen LogP contribution in [0.25, 0.3) is 10.8 Å². The van der Waals surface area contributed by atoms with Crippen molar-refractivity contribution >= 4 is 34.2 Å². The third-order valence-electron chi connectivity index (χ3n) is 9.08. The first-order valence-electron chi connectivity index (χ1n) is 14.4. The van der Waals surface area contributed by atoms with E-state index in [-0.39, 0.29) is 25.6 Å². The van der Waals surface area contributed by atoms with Gasteiger partial charge in [0.15, 0.2) is 0 Å². The summed E-state index contributed by atoms with van der Waals surface area (Å²) in [5.41, 5.74) is 3.36. The molecule has 0 bridgehead atoms. The minimum atomic E-state index is -0.634. The summed E-state index contributed by atoms with van der Waals surface area (Å²) in [5.74, 6) is -0.290. The van der Waals surface area contributed by atoms with Crippen LogP contribution >= 0.6 is 0 Å². The van der Waals surface area contributed by atoms with Crippen molar-refractivity contribution in [2.75, 3.05) is 18.0 Å². The molecule has 3 fully saturated rings. The van der Waals surface area contributed by atoms with Crippen molar-refractivity contribution in [3.05, 3.63) is 41.5 Å². The first kappa shape index (κ1) is 25.9. The maximum absolute atomic E-state index is 13.4. The summed E-state index contributed by atoms with van der Waals surface area (Å²) in [5, 5.41) is 4.52. The molecule has 3 aliphatic heterocycles. The normalized spacial score (nSPS) is 28.1. The van der Waals surface area contributed by atoms with Crippen molar-refractivity contribution in [2.24, 2.45) is 5.41 Å². The molecule has 0 spiro atoms. The predicted molar refractivity (Wildman–Crippen MR) is 150 cm³/mol. The van der Waals surface area contributed by atoms with Crippen LogP contribution < -0.4 is 10.2 Å². The Morgan fingerprint density at radius 1 is 1.03 bits per heavy atom. The molecular formula is C31H43N3O3. The lowest BCUT2D eigenvalue weighted by molar-refractivity contribution is -0.134. The Balaban J connectivity index is 0.00000110. The smallest absolute Gasteiger partial charge is 0.259 e. The Bertz CT molecular complexity index is 1210. The SMILES string of the molecule is CC.CCCC1(C)CC(N2CCC(c3ccc4c5c(cccc35)C(=O)N4C3CCC(=O)NC3=O)CC2)C1.[HH]. The summed E-state index contributed by atoms with van der Waals surface area (Å²) in [6.07, 6.45) is 8.21. The number of piperidine rings is 2. The largest absolute Gasteiger partial charge is 0.300 e. The van der Waals surface area contributed by atoms with Gasteiger partial charge in [0.1, 0.15) is 6.04 Å². The van der Waals surface area contributed by atoms with Crippen LogP contribution in [-0.2, 0) is 9.59 Å². The van der Waals surface area contributed by atoms with Crippen LogP contribution in [-0.4, -0.2) is 47.8 Å². The summed E-state index contributed by atoms with van der Waals surface area (Å²) < 4.78 is 0. The molecule has 1 aliphatic carbocycles. The van der Waals surface area contributed by atoms with Gasteiger partial charge in [0, 0.05) is 24.8 Å². The van der Waals surface area contributed by atoms with Crippen LogP contribution in [0.5, 0.6) is 0 Å². The summed E-state index contributed by atoms with van der Waals surface area (Å²) >= 11 is 0. The topological polar surface area (TPSA) is 69.7 Å². The van der Waals surface area contributed by atoms with E-state index in [0.717, 1.165) is 48.4 Å². The monoisotopic (exact) mass is 505 g/mol. The van der Waals surface area contributed by atoms with E-state index in [9.17, 15) is 14.4 Å². The molecule has 3 amide bonds. The van der Waals surface area contributed by atoms with Gasteiger partial charge in [0.2, 0.25) is 11.8 Å². The van der Waals surface area contributed by atoms with Crippen LogP contribution in [0, 0.1) is 5.41 Å². The Labute approximate surface area is 222 Å². The zero-order chi connectivity index (χ0) is 26.3. The lowest BCUT2D eigenvalue weighted by Crippen LogP contribution is -2.53. The van der Waals surface area contributed by atoms with Gasteiger partial charge in [-0.15, -0.1) is 0 Å². The van der Waals surface area contributed by atoms with Crippen LogP contribution in [0.1, 0.15) is 102 Å². The van der Waals surface area contributed by atoms with Crippen molar-refractivity contribution < 1.29 is 15.8 Å². The molecule has 200 valence electrons. The summed E-state index contributed by atoms with van der Waals surface area (Å²) in [4.78, 5) is 42.0. The van der Waals surface area contributed by atoms with Gasteiger partial charge in [-0.3, -0.25) is 24.6 Å². The summed E-state index contributed by atoms with van der Waals surface area (Å²) in [6.45, 7) is 11.0. The molecule has 0 radical (unpaired) electrons. The zero-order valence-corrected chi connectivity index (χ0v) is 22.8. The Morgan fingerprint density at radius 2 is 1.76 bits per heavy atom. The number of likely N-dealkylation sites (tertiary alicyclic amines) is 1. The van der Waals surface area contributed by atoms with E-state index in [2.05, 4.69) is 36.2 Å². The third-order valence-corrected chi connectivity index (χ3v) is 9.08. The van der Waals surface area contributed by atoms with Crippen molar-refractivity contribution in [1.82, 2.24) is 10.2 Å². The number of anilines is 1. The lowest BCUT2D eigenvalue weighted by atomic mass is 9.63. The van der Waals surface area contributed by atoms with E-state index in [4.69, 9.17) is 0 Å². The molecule has 2 saturated heterocycles. The maximum atomic E-state index is 13.4. The molecule has 1 N–H and O–H groups in total. The molecule has 37 heavy (non-hydrogen) atoms. The van der Waals surface area contributed by atoms with Gasteiger partial charge in [-0.2, -0.15) is 0 Å². The van der Waals surface area contributed by atoms with E-state index < -0.39 is 6.04 Å². The number of nitrogens with one attached hydrogen (secondary N) is 1. The predicted octanol–water partition coefficient (Wildman–Crippen LogP) is 6.03. The Kier molecular flexibility index (Phi) is 7.14. The number of carbonyl (C=O) groups is 3. The molecule has 4 aliphatic rings. The Morgan fingerprint density at radius 3 is 2.43 bits per heavy atom. The number of carbonyl (C=O) groups excluding carboxylic acids is 3. The first-order chi connectivity index (χ1) is 17.9. The second-order valence-electron chi connectivity index (χ2n) is 11.5. The van der Waals surface area contributed by atoms with E-state index in [1.165, 1.54) is 31.2 Å². The number of nitrogens with zero attached hydrogens (tertiary/aromatic N) is 2. The maximum Gasteiger partial charge on any atom is 0.259 e.